The Hall–Kier alpha value is -2.96. The lowest BCUT2D eigenvalue weighted by atomic mass is 10.1. The molecule has 2 N–H and O–H groups in total. The van der Waals surface area contributed by atoms with Crippen molar-refractivity contribution in [1.29, 1.82) is 0 Å². The number of fused-ring (bicyclic) bond motifs is 1. The van der Waals surface area contributed by atoms with E-state index in [9.17, 15) is 18.0 Å². The van der Waals surface area contributed by atoms with Crippen molar-refractivity contribution >= 4 is 22.5 Å². The number of nitrogens with one attached hydrogen (secondary N) is 2. The van der Waals surface area contributed by atoms with Gasteiger partial charge in [0.05, 0.1) is 5.56 Å². The number of aryl methyl sites for hydroxylation is 1. The molecular weight excluding hydrogens is 321 g/mol. The molecule has 7 heteroatoms. The molecule has 3 rings (SSSR count). The molecule has 0 saturated heterocycles. The molecule has 0 unspecified atom stereocenters. The van der Waals surface area contributed by atoms with E-state index in [0.717, 1.165) is 28.6 Å². The number of anilines is 1. The standard InChI is InChI=1S/C17H13F3N2O2/c1-10-3-2-4-14-15(10)13(9-21-14)16(23)22-11-5-7-12(8-6-11)24-17(18,19)20/h2-9,21H,1H3,(H,22,23). The van der Waals surface area contributed by atoms with Gasteiger partial charge >= 0.3 is 6.36 Å². The highest BCUT2D eigenvalue weighted by Crippen LogP contribution is 2.25. The zero-order valence-electron chi connectivity index (χ0n) is 12.6. The van der Waals surface area contributed by atoms with Gasteiger partial charge in [-0.15, -0.1) is 13.2 Å². The van der Waals surface area contributed by atoms with E-state index in [0.29, 0.717) is 11.3 Å². The van der Waals surface area contributed by atoms with Crippen molar-refractivity contribution in [3.63, 3.8) is 0 Å². The van der Waals surface area contributed by atoms with Crippen molar-refractivity contribution in [2.24, 2.45) is 0 Å². The van der Waals surface area contributed by atoms with Crippen molar-refractivity contribution in [2.45, 2.75) is 13.3 Å². The van der Waals surface area contributed by atoms with Gasteiger partial charge in [-0.25, -0.2) is 0 Å². The first-order valence-corrected chi connectivity index (χ1v) is 7.07. The summed E-state index contributed by atoms with van der Waals surface area (Å²) in [5.74, 6) is -0.691. The van der Waals surface area contributed by atoms with Crippen molar-refractivity contribution in [1.82, 2.24) is 4.98 Å². The van der Waals surface area contributed by atoms with Gasteiger partial charge in [-0.1, -0.05) is 12.1 Å². The van der Waals surface area contributed by atoms with Crippen molar-refractivity contribution in [2.75, 3.05) is 5.32 Å². The summed E-state index contributed by atoms with van der Waals surface area (Å²) >= 11 is 0. The SMILES string of the molecule is Cc1cccc2[nH]cc(C(=O)Nc3ccc(OC(F)(F)F)cc3)c12. The van der Waals surface area contributed by atoms with Gasteiger partial charge in [-0.3, -0.25) is 4.79 Å². The smallest absolute Gasteiger partial charge is 0.406 e. The number of benzene rings is 2. The number of aromatic amines is 1. The van der Waals surface area contributed by atoms with Gasteiger partial charge in [0, 0.05) is 22.8 Å². The highest BCUT2D eigenvalue weighted by molar-refractivity contribution is 6.13. The second-order valence-electron chi connectivity index (χ2n) is 5.23. The molecule has 0 spiro atoms. The fourth-order valence-electron chi connectivity index (χ4n) is 2.49. The molecule has 24 heavy (non-hydrogen) atoms. The molecule has 0 fully saturated rings. The molecule has 0 aliphatic carbocycles. The predicted molar refractivity (Wildman–Crippen MR) is 84.1 cm³/mol. The third kappa shape index (κ3) is 3.34. The van der Waals surface area contributed by atoms with E-state index in [1.807, 2.05) is 25.1 Å². The van der Waals surface area contributed by atoms with E-state index in [1.165, 1.54) is 12.1 Å². The summed E-state index contributed by atoms with van der Waals surface area (Å²) in [4.78, 5) is 15.4. The van der Waals surface area contributed by atoms with Crippen molar-refractivity contribution in [3.8, 4) is 5.75 Å². The number of aromatic nitrogens is 1. The number of alkyl halides is 3. The number of amides is 1. The van der Waals surface area contributed by atoms with Gasteiger partial charge in [0.1, 0.15) is 5.75 Å². The summed E-state index contributed by atoms with van der Waals surface area (Å²) < 4.78 is 40.2. The van der Waals surface area contributed by atoms with Crippen LogP contribution in [0.15, 0.2) is 48.7 Å². The van der Waals surface area contributed by atoms with E-state index >= 15 is 0 Å². The Morgan fingerprint density at radius 3 is 2.50 bits per heavy atom. The van der Waals surface area contributed by atoms with Gasteiger partial charge in [0.15, 0.2) is 0 Å². The van der Waals surface area contributed by atoms with Crippen LogP contribution in [0, 0.1) is 6.92 Å². The molecule has 3 aromatic rings. The lowest BCUT2D eigenvalue weighted by Gasteiger charge is -2.10. The summed E-state index contributed by atoms with van der Waals surface area (Å²) in [7, 11) is 0. The molecule has 1 aromatic heterocycles. The van der Waals surface area contributed by atoms with E-state index < -0.39 is 6.36 Å². The largest absolute Gasteiger partial charge is 0.573 e. The van der Waals surface area contributed by atoms with Crippen LogP contribution in [0.4, 0.5) is 18.9 Å². The zero-order chi connectivity index (χ0) is 17.3. The number of carbonyl (C=O) groups excluding carboxylic acids is 1. The second kappa shape index (κ2) is 5.92. The summed E-state index contributed by atoms with van der Waals surface area (Å²) in [5.41, 5.74) is 2.64. The maximum atomic E-state index is 12.4. The molecule has 2 aromatic carbocycles. The van der Waals surface area contributed by atoms with Crippen molar-refractivity contribution in [3.05, 3.63) is 59.8 Å². The highest BCUT2D eigenvalue weighted by Gasteiger charge is 2.31. The summed E-state index contributed by atoms with van der Waals surface area (Å²) in [6.07, 6.45) is -3.14. The number of hydrogen-bond donors (Lipinski definition) is 2. The van der Waals surface area contributed by atoms with Gasteiger partial charge in [0.25, 0.3) is 5.91 Å². The predicted octanol–water partition coefficient (Wildman–Crippen LogP) is 4.63. The Morgan fingerprint density at radius 1 is 1.12 bits per heavy atom. The summed E-state index contributed by atoms with van der Waals surface area (Å²) in [6.45, 7) is 1.90. The average Bonchev–Trinajstić information content (AvgIpc) is 2.93. The molecule has 1 heterocycles. The molecule has 4 nitrogen and oxygen atoms in total. The fraction of sp³-hybridized carbons (Fsp3) is 0.118. The van der Waals surface area contributed by atoms with Crippen molar-refractivity contribution < 1.29 is 22.7 Å². The molecule has 0 saturated carbocycles. The minimum Gasteiger partial charge on any atom is -0.406 e. The second-order valence-corrected chi connectivity index (χ2v) is 5.23. The lowest BCUT2D eigenvalue weighted by Crippen LogP contribution is -2.17. The van der Waals surface area contributed by atoms with Gasteiger partial charge in [-0.2, -0.15) is 0 Å². The molecule has 1 amide bonds. The van der Waals surface area contributed by atoms with Crippen LogP contribution in [-0.4, -0.2) is 17.3 Å². The Balaban J connectivity index is 1.79. The Morgan fingerprint density at radius 2 is 1.83 bits per heavy atom. The normalized spacial score (nSPS) is 11.5. The number of hydrogen-bond acceptors (Lipinski definition) is 2. The van der Waals surface area contributed by atoms with Gasteiger partial charge < -0.3 is 15.0 Å². The van der Waals surface area contributed by atoms with Crippen LogP contribution in [0.5, 0.6) is 5.75 Å². The monoisotopic (exact) mass is 334 g/mol. The van der Waals surface area contributed by atoms with E-state index in [2.05, 4.69) is 15.0 Å². The first-order valence-electron chi connectivity index (χ1n) is 7.07. The lowest BCUT2D eigenvalue weighted by molar-refractivity contribution is -0.274. The molecule has 0 aliphatic rings. The van der Waals surface area contributed by atoms with Crippen LogP contribution >= 0.6 is 0 Å². The molecule has 0 bridgehead atoms. The number of carbonyl (C=O) groups is 1. The van der Waals surface area contributed by atoms with Crippen LogP contribution in [0.25, 0.3) is 10.9 Å². The van der Waals surface area contributed by atoms with Crippen LogP contribution < -0.4 is 10.1 Å². The van der Waals surface area contributed by atoms with E-state index in [1.54, 1.807) is 6.20 Å². The molecule has 124 valence electrons. The minimum absolute atomic E-state index is 0.344. The van der Waals surface area contributed by atoms with Crippen LogP contribution in [0.1, 0.15) is 15.9 Å². The zero-order valence-corrected chi connectivity index (χ0v) is 12.6. The quantitative estimate of drug-likeness (QED) is 0.734. The Bertz CT molecular complexity index is 883. The third-order valence-corrected chi connectivity index (χ3v) is 3.50. The Labute approximate surface area is 135 Å². The highest BCUT2D eigenvalue weighted by atomic mass is 19.4. The summed E-state index contributed by atoms with van der Waals surface area (Å²) in [6, 6.07) is 10.6. The maximum absolute atomic E-state index is 12.4. The number of halogens is 3. The number of rotatable bonds is 3. The topological polar surface area (TPSA) is 54.1 Å². The minimum atomic E-state index is -4.74. The molecule has 0 radical (unpaired) electrons. The first kappa shape index (κ1) is 15.9. The number of ether oxygens (including phenoxy) is 1. The van der Waals surface area contributed by atoms with Gasteiger partial charge in [-0.05, 0) is 42.8 Å². The maximum Gasteiger partial charge on any atom is 0.573 e. The van der Waals surface area contributed by atoms with Crippen LogP contribution in [0.2, 0.25) is 0 Å². The average molecular weight is 334 g/mol. The Kier molecular flexibility index (Phi) is 3.92. The van der Waals surface area contributed by atoms with E-state index in [4.69, 9.17) is 0 Å². The molecule has 0 atom stereocenters. The molecule has 0 aliphatic heterocycles. The fourth-order valence-corrected chi connectivity index (χ4v) is 2.49. The number of H-pyrrole nitrogens is 1. The van der Waals surface area contributed by atoms with Gasteiger partial charge in [0.2, 0.25) is 0 Å². The van der Waals surface area contributed by atoms with Crippen LogP contribution in [0.3, 0.4) is 0 Å². The molecular formula is C17H13F3N2O2. The first-order chi connectivity index (χ1) is 11.3. The van der Waals surface area contributed by atoms with E-state index in [-0.39, 0.29) is 11.7 Å². The van der Waals surface area contributed by atoms with Crippen LogP contribution in [-0.2, 0) is 0 Å². The third-order valence-electron chi connectivity index (χ3n) is 3.50. The summed E-state index contributed by atoms with van der Waals surface area (Å²) in [5, 5.41) is 3.47.